The van der Waals surface area contributed by atoms with Crippen LogP contribution in [-0.2, 0) is 6.54 Å². The predicted molar refractivity (Wildman–Crippen MR) is 79.3 cm³/mol. The van der Waals surface area contributed by atoms with E-state index in [1.165, 1.54) is 19.3 Å². The van der Waals surface area contributed by atoms with Gasteiger partial charge >= 0.3 is 0 Å². The van der Waals surface area contributed by atoms with Crippen LogP contribution in [0.2, 0.25) is 0 Å². The van der Waals surface area contributed by atoms with Gasteiger partial charge in [0.2, 0.25) is 0 Å². The van der Waals surface area contributed by atoms with Crippen molar-refractivity contribution in [3.8, 4) is 10.8 Å². The summed E-state index contributed by atoms with van der Waals surface area (Å²) in [5.41, 5.74) is 5.71. The normalized spacial score (nSPS) is 20.4. The molecule has 0 saturated carbocycles. The lowest BCUT2D eigenvalue weighted by Crippen LogP contribution is -2.40. The van der Waals surface area contributed by atoms with Crippen LogP contribution < -0.4 is 5.73 Å². The molecule has 108 valence electrons. The van der Waals surface area contributed by atoms with E-state index < -0.39 is 0 Å². The number of thiophene rings is 1. The summed E-state index contributed by atoms with van der Waals surface area (Å²) < 4.78 is 5.34. The van der Waals surface area contributed by atoms with E-state index in [0.29, 0.717) is 11.9 Å². The molecule has 1 aliphatic rings. The molecule has 1 aliphatic heterocycles. The third-order valence-electron chi connectivity index (χ3n) is 3.79. The minimum Gasteiger partial charge on any atom is -0.333 e. The fraction of sp³-hybridized carbons (Fsp3) is 0.571. The first kappa shape index (κ1) is 13.7. The van der Waals surface area contributed by atoms with Crippen LogP contribution in [0.5, 0.6) is 0 Å². The zero-order valence-corrected chi connectivity index (χ0v) is 12.3. The van der Waals surface area contributed by atoms with E-state index in [0.717, 1.165) is 36.8 Å². The second-order valence-electron chi connectivity index (χ2n) is 5.19. The maximum Gasteiger partial charge on any atom is 0.268 e. The highest BCUT2D eigenvalue weighted by atomic mass is 32.1. The highest BCUT2D eigenvalue weighted by molar-refractivity contribution is 7.13. The fourth-order valence-corrected chi connectivity index (χ4v) is 3.43. The Balaban J connectivity index is 1.67. The van der Waals surface area contributed by atoms with E-state index in [-0.39, 0.29) is 0 Å². The summed E-state index contributed by atoms with van der Waals surface area (Å²) in [6, 6.07) is 4.56. The number of rotatable bonds is 5. The van der Waals surface area contributed by atoms with Crippen molar-refractivity contribution in [1.82, 2.24) is 15.0 Å². The van der Waals surface area contributed by atoms with Gasteiger partial charge in [-0.3, -0.25) is 4.90 Å². The molecule has 3 rings (SSSR count). The summed E-state index contributed by atoms with van der Waals surface area (Å²) >= 11 is 1.62. The van der Waals surface area contributed by atoms with Gasteiger partial charge < -0.3 is 10.3 Å². The second-order valence-corrected chi connectivity index (χ2v) is 6.14. The van der Waals surface area contributed by atoms with Crippen molar-refractivity contribution in [1.29, 1.82) is 0 Å². The second kappa shape index (κ2) is 6.47. The number of nitrogens with zero attached hydrogens (tertiary/aromatic N) is 3. The molecule has 0 spiro atoms. The first-order chi connectivity index (χ1) is 9.86. The first-order valence-corrected chi connectivity index (χ1v) is 8.05. The van der Waals surface area contributed by atoms with Crippen molar-refractivity contribution in [2.75, 3.05) is 13.1 Å². The van der Waals surface area contributed by atoms with E-state index >= 15 is 0 Å². The Hall–Kier alpha value is -1.24. The van der Waals surface area contributed by atoms with E-state index in [1.807, 2.05) is 17.5 Å². The van der Waals surface area contributed by atoms with Gasteiger partial charge in [0, 0.05) is 6.04 Å². The van der Waals surface area contributed by atoms with Gasteiger partial charge in [0.25, 0.3) is 5.89 Å². The average molecular weight is 292 g/mol. The fourth-order valence-electron chi connectivity index (χ4n) is 2.79. The number of nitrogens with two attached hydrogens (primary N) is 1. The van der Waals surface area contributed by atoms with Gasteiger partial charge in [0.1, 0.15) is 0 Å². The predicted octanol–water partition coefficient (Wildman–Crippen LogP) is 2.50. The summed E-state index contributed by atoms with van der Waals surface area (Å²) in [6.45, 7) is 2.61. The molecule has 1 atom stereocenters. The molecule has 0 radical (unpaired) electrons. The Morgan fingerprint density at radius 3 is 3.20 bits per heavy atom. The lowest BCUT2D eigenvalue weighted by atomic mass is 9.99. The standard InChI is InChI=1S/C14H20N4OS/c15-7-6-11-4-1-2-8-18(11)10-13-16-14(19-17-13)12-5-3-9-20-12/h3,5,9,11H,1-2,4,6-8,10,15H2. The summed E-state index contributed by atoms with van der Waals surface area (Å²) in [4.78, 5) is 7.97. The quantitative estimate of drug-likeness (QED) is 0.917. The number of aromatic nitrogens is 2. The molecule has 0 aromatic carbocycles. The Kier molecular flexibility index (Phi) is 4.44. The molecule has 6 heteroatoms. The first-order valence-electron chi connectivity index (χ1n) is 7.17. The van der Waals surface area contributed by atoms with Crippen LogP contribution in [-0.4, -0.2) is 34.2 Å². The average Bonchev–Trinajstić information content (AvgIpc) is 3.12. The van der Waals surface area contributed by atoms with E-state index in [2.05, 4.69) is 15.0 Å². The molecule has 0 bridgehead atoms. The minimum atomic E-state index is 0.567. The lowest BCUT2D eigenvalue weighted by Gasteiger charge is -2.34. The number of hydrogen-bond acceptors (Lipinski definition) is 6. The largest absolute Gasteiger partial charge is 0.333 e. The van der Waals surface area contributed by atoms with E-state index in [4.69, 9.17) is 10.3 Å². The molecule has 5 nitrogen and oxygen atoms in total. The van der Waals surface area contributed by atoms with Crippen molar-refractivity contribution in [3.63, 3.8) is 0 Å². The summed E-state index contributed by atoms with van der Waals surface area (Å²) in [5.74, 6) is 1.40. The highest BCUT2D eigenvalue weighted by Gasteiger charge is 2.23. The van der Waals surface area contributed by atoms with Crippen molar-refractivity contribution >= 4 is 11.3 Å². The van der Waals surface area contributed by atoms with Gasteiger partial charge in [-0.1, -0.05) is 17.6 Å². The summed E-state index contributed by atoms with van der Waals surface area (Å²) in [7, 11) is 0. The topological polar surface area (TPSA) is 68.2 Å². The summed E-state index contributed by atoms with van der Waals surface area (Å²) in [6.07, 6.45) is 4.83. The van der Waals surface area contributed by atoms with Gasteiger partial charge in [-0.25, -0.2) is 0 Å². The number of hydrogen-bond donors (Lipinski definition) is 1. The van der Waals surface area contributed by atoms with Gasteiger partial charge in [-0.05, 0) is 43.8 Å². The molecule has 0 aliphatic carbocycles. The van der Waals surface area contributed by atoms with E-state index in [1.54, 1.807) is 11.3 Å². The minimum absolute atomic E-state index is 0.567. The van der Waals surface area contributed by atoms with Crippen molar-refractivity contribution in [3.05, 3.63) is 23.3 Å². The van der Waals surface area contributed by atoms with Gasteiger partial charge in [0.05, 0.1) is 11.4 Å². The van der Waals surface area contributed by atoms with Crippen LogP contribution in [0.25, 0.3) is 10.8 Å². The van der Waals surface area contributed by atoms with Crippen LogP contribution >= 0.6 is 11.3 Å². The molecule has 1 unspecified atom stereocenters. The third-order valence-corrected chi connectivity index (χ3v) is 4.65. The molecule has 2 aromatic heterocycles. The lowest BCUT2D eigenvalue weighted by molar-refractivity contribution is 0.129. The van der Waals surface area contributed by atoms with Crippen LogP contribution in [0.15, 0.2) is 22.0 Å². The van der Waals surface area contributed by atoms with Crippen molar-refractivity contribution < 1.29 is 4.52 Å². The Labute approximate surface area is 122 Å². The van der Waals surface area contributed by atoms with Gasteiger partial charge in [0.15, 0.2) is 5.82 Å². The molecule has 1 saturated heterocycles. The zero-order valence-electron chi connectivity index (χ0n) is 11.5. The van der Waals surface area contributed by atoms with Gasteiger partial charge in [-0.15, -0.1) is 11.3 Å². The molecular weight excluding hydrogens is 272 g/mol. The molecule has 1 fully saturated rings. The Morgan fingerprint density at radius 2 is 2.40 bits per heavy atom. The van der Waals surface area contributed by atoms with Gasteiger partial charge in [-0.2, -0.15) is 4.98 Å². The zero-order chi connectivity index (χ0) is 13.8. The van der Waals surface area contributed by atoms with Crippen molar-refractivity contribution in [2.24, 2.45) is 5.73 Å². The summed E-state index contributed by atoms with van der Waals surface area (Å²) in [5, 5.41) is 6.12. The van der Waals surface area contributed by atoms with Crippen LogP contribution in [0.4, 0.5) is 0 Å². The highest BCUT2D eigenvalue weighted by Crippen LogP contribution is 2.24. The number of likely N-dealkylation sites (tertiary alicyclic amines) is 1. The maximum absolute atomic E-state index is 5.71. The monoisotopic (exact) mass is 292 g/mol. The molecule has 2 aromatic rings. The molecule has 20 heavy (non-hydrogen) atoms. The molecule has 0 amide bonds. The molecular formula is C14H20N4OS. The number of piperidine rings is 1. The van der Waals surface area contributed by atoms with Crippen LogP contribution in [0.1, 0.15) is 31.5 Å². The molecule has 2 N–H and O–H groups in total. The molecule has 3 heterocycles. The van der Waals surface area contributed by atoms with Crippen LogP contribution in [0.3, 0.4) is 0 Å². The smallest absolute Gasteiger partial charge is 0.268 e. The Bertz CT molecular complexity index is 523. The SMILES string of the molecule is NCCC1CCCCN1Cc1noc(-c2cccs2)n1. The maximum atomic E-state index is 5.71. The third kappa shape index (κ3) is 3.08. The van der Waals surface area contributed by atoms with E-state index in [9.17, 15) is 0 Å². The van der Waals surface area contributed by atoms with Crippen LogP contribution in [0, 0.1) is 0 Å². The van der Waals surface area contributed by atoms with Crippen molar-refractivity contribution in [2.45, 2.75) is 38.3 Å². The Morgan fingerprint density at radius 1 is 1.45 bits per heavy atom.